The molecule has 0 N–H and O–H groups in total. The van der Waals surface area contributed by atoms with Crippen molar-refractivity contribution >= 4 is 5.82 Å². The molecule has 20 heavy (non-hydrogen) atoms. The molecule has 2 saturated heterocycles. The van der Waals surface area contributed by atoms with Gasteiger partial charge in [0.25, 0.3) is 0 Å². The molecule has 2 fully saturated rings. The molecule has 3 heteroatoms. The first-order valence-electron chi connectivity index (χ1n) is 8.34. The Labute approximate surface area is 123 Å². The molecule has 1 aromatic rings. The van der Waals surface area contributed by atoms with Crippen LogP contribution in [0.4, 0.5) is 5.82 Å². The summed E-state index contributed by atoms with van der Waals surface area (Å²) in [4.78, 5) is 9.90. The maximum Gasteiger partial charge on any atom is 0.133 e. The van der Waals surface area contributed by atoms with E-state index < -0.39 is 0 Å². The van der Waals surface area contributed by atoms with Crippen LogP contribution in [0, 0.1) is 0 Å². The van der Waals surface area contributed by atoms with E-state index in [2.05, 4.69) is 28.9 Å². The lowest BCUT2D eigenvalue weighted by Crippen LogP contribution is -2.29. The first-order chi connectivity index (χ1) is 9.90. The van der Waals surface area contributed by atoms with E-state index in [1.54, 1.807) is 0 Å². The number of rotatable bonds is 3. The first-order valence-corrected chi connectivity index (χ1v) is 8.34. The Morgan fingerprint density at radius 3 is 2.65 bits per heavy atom. The molecule has 2 aliphatic rings. The van der Waals surface area contributed by atoms with Crippen LogP contribution in [0.25, 0.3) is 0 Å². The Kier molecular flexibility index (Phi) is 4.56. The van der Waals surface area contributed by atoms with Crippen LogP contribution in [0.2, 0.25) is 0 Å². The first kappa shape index (κ1) is 13.9. The highest BCUT2D eigenvalue weighted by Crippen LogP contribution is 2.36. The van der Waals surface area contributed by atoms with Crippen molar-refractivity contribution in [3.63, 3.8) is 0 Å². The normalized spacial score (nSPS) is 24.9. The number of hydrogen-bond acceptors (Lipinski definition) is 3. The Morgan fingerprint density at radius 1 is 1.10 bits per heavy atom. The second-order valence-electron chi connectivity index (χ2n) is 6.10. The number of aromatic nitrogens is 1. The average Bonchev–Trinajstić information content (AvgIpc) is 2.81. The maximum absolute atomic E-state index is 4.76. The quantitative estimate of drug-likeness (QED) is 0.838. The van der Waals surface area contributed by atoms with E-state index >= 15 is 0 Å². The molecule has 0 radical (unpaired) electrons. The summed E-state index contributed by atoms with van der Waals surface area (Å²) in [5, 5.41) is 0. The topological polar surface area (TPSA) is 19.4 Å². The zero-order chi connectivity index (χ0) is 13.8. The van der Waals surface area contributed by atoms with Gasteiger partial charge in [-0.25, -0.2) is 4.98 Å². The van der Waals surface area contributed by atoms with Crippen molar-refractivity contribution in [1.29, 1.82) is 0 Å². The van der Waals surface area contributed by atoms with Gasteiger partial charge < -0.3 is 4.90 Å². The van der Waals surface area contributed by atoms with Gasteiger partial charge in [0.15, 0.2) is 0 Å². The van der Waals surface area contributed by atoms with Gasteiger partial charge in [-0.3, -0.25) is 4.90 Å². The molecule has 3 rings (SSSR count). The SMILES string of the molecule is CCN1CCC[C@H]1c1cccnc1N1CCCCCC1. The molecule has 3 nitrogen and oxygen atoms in total. The summed E-state index contributed by atoms with van der Waals surface area (Å²) in [6, 6.07) is 5.02. The summed E-state index contributed by atoms with van der Waals surface area (Å²) in [5.74, 6) is 1.26. The second-order valence-corrected chi connectivity index (χ2v) is 6.10. The third-order valence-corrected chi connectivity index (χ3v) is 4.85. The third-order valence-electron chi connectivity index (χ3n) is 4.85. The van der Waals surface area contributed by atoms with E-state index in [1.807, 2.05) is 6.20 Å². The van der Waals surface area contributed by atoms with E-state index in [0.29, 0.717) is 6.04 Å². The van der Waals surface area contributed by atoms with Crippen LogP contribution in [0.15, 0.2) is 18.3 Å². The molecule has 0 spiro atoms. The molecule has 1 aromatic heterocycles. The molecule has 2 aliphatic heterocycles. The van der Waals surface area contributed by atoms with Crippen LogP contribution < -0.4 is 4.90 Å². The average molecular weight is 273 g/mol. The van der Waals surface area contributed by atoms with E-state index in [1.165, 1.54) is 69.5 Å². The van der Waals surface area contributed by atoms with Crippen molar-refractivity contribution in [2.24, 2.45) is 0 Å². The van der Waals surface area contributed by atoms with Crippen LogP contribution in [0.3, 0.4) is 0 Å². The van der Waals surface area contributed by atoms with Crippen LogP contribution >= 0.6 is 0 Å². The molecule has 0 amide bonds. The van der Waals surface area contributed by atoms with Gasteiger partial charge in [0.2, 0.25) is 0 Å². The molecule has 0 saturated carbocycles. The fourth-order valence-corrected chi connectivity index (χ4v) is 3.77. The van der Waals surface area contributed by atoms with Crippen molar-refractivity contribution < 1.29 is 0 Å². The summed E-state index contributed by atoms with van der Waals surface area (Å²) < 4.78 is 0. The Bertz CT molecular complexity index is 424. The third kappa shape index (κ3) is 2.83. The smallest absolute Gasteiger partial charge is 0.133 e. The van der Waals surface area contributed by atoms with Crippen molar-refractivity contribution in [3.05, 3.63) is 23.9 Å². The Morgan fingerprint density at radius 2 is 1.90 bits per heavy atom. The number of hydrogen-bond donors (Lipinski definition) is 0. The summed E-state index contributed by atoms with van der Waals surface area (Å²) in [6.07, 6.45) is 9.98. The van der Waals surface area contributed by atoms with Crippen molar-refractivity contribution in [3.8, 4) is 0 Å². The Hall–Kier alpha value is -1.09. The zero-order valence-electron chi connectivity index (χ0n) is 12.7. The molecule has 110 valence electrons. The highest BCUT2D eigenvalue weighted by Gasteiger charge is 2.28. The van der Waals surface area contributed by atoms with Gasteiger partial charge in [-0.05, 0) is 44.8 Å². The van der Waals surface area contributed by atoms with E-state index in [0.717, 1.165) is 6.54 Å². The molecule has 0 unspecified atom stereocenters. The predicted octanol–water partition coefficient (Wildman–Crippen LogP) is 3.62. The minimum absolute atomic E-state index is 0.590. The van der Waals surface area contributed by atoms with Gasteiger partial charge in [0.05, 0.1) is 0 Å². The van der Waals surface area contributed by atoms with E-state index in [9.17, 15) is 0 Å². The molecule has 0 aromatic carbocycles. The van der Waals surface area contributed by atoms with Gasteiger partial charge >= 0.3 is 0 Å². The minimum atomic E-state index is 0.590. The van der Waals surface area contributed by atoms with Gasteiger partial charge in [-0.2, -0.15) is 0 Å². The molecule has 0 aliphatic carbocycles. The lowest BCUT2D eigenvalue weighted by Gasteiger charge is -2.29. The molecule has 1 atom stereocenters. The van der Waals surface area contributed by atoms with Crippen LogP contribution in [0.1, 0.15) is 57.1 Å². The molecular weight excluding hydrogens is 246 g/mol. The lowest BCUT2D eigenvalue weighted by molar-refractivity contribution is 0.271. The standard InChI is InChI=1S/C17H27N3/c1-2-19-14-8-10-16(19)15-9-7-11-18-17(15)20-12-5-3-4-6-13-20/h7,9,11,16H,2-6,8,10,12-14H2,1H3/t16-/m0/s1. The van der Waals surface area contributed by atoms with Crippen molar-refractivity contribution in [2.75, 3.05) is 31.1 Å². The van der Waals surface area contributed by atoms with E-state index in [4.69, 9.17) is 4.98 Å². The summed E-state index contributed by atoms with van der Waals surface area (Å²) in [6.45, 7) is 7.04. The van der Waals surface area contributed by atoms with Gasteiger partial charge in [0, 0.05) is 30.9 Å². The summed E-state index contributed by atoms with van der Waals surface area (Å²) in [7, 11) is 0. The van der Waals surface area contributed by atoms with Crippen molar-refractivity contribution in [2.45, 2.75) is 51.5 Å². The monoisotopic (exact) mass is 273 g/mol. The lowest BCUT2D eigenvalue weighted by atomic mass is 10.0. The summed E-state index contributed by atoms with van der Waals surface area (Å²) in [5.41, 5.74) is 1.47. The molecular formula is C17H27N3. The fraction of sp³-hybridized carbons (Fsp3) is 0.706. The van der Waals surface area contributed by atoms with Crippen molar-refractivity contribution in [1.82, 2.24) is 9.88 Å². The van der Waals surface area contributed by atoms with Crippen LogP contribution in [-0.2, 0) is 0 Å². The molecule has 3 heterocycles. The molecule has 0 bridgehead atoms. The largest absolute Gasteiger partial charge is 0.356 e. The number of likely N-dealkylation sites (tertiary alicyclic amines) is 1. The highest BCUT2D eigenvalue weighted by molar-refractivity contribution is 5.49. The fourth-order valence-electron chi connectivity index (χ4n) is 3.77. The van der Waals surface area contributed by atoms with Gasteiger partial charge in [0.1, 0.15) is 5.82 Å². The number of pyridine rings is 1. The summed E-state index contributed by atoms with van der Waals surface area (Å²) >= 11 is 0. The number of anilines is 1. The Balaban J connectivity index is 1.87. The minimum Gasteiger partial charge on any atom is -0.356 e. The highest BCUT2D eigenvalue weighted by atomic mass is 15.2. The number of nitrogens with zero attached hydrogens (tertiary/aromatic N) is 3. The predicted molar refractivity (Wildman–Crippen MR) is 84.1 cm³/mol. The second kappa shape index (κ2) is 6.57. The van der Waals surface area contributed by atoms with Gasteiger partial charge in [-0.15, -0.1) is 0 Å². The van der Waals surface area contributed by atoms with Gasteiger partial charge in [-0.1, -0.05) is 25.8 Å². The van der Waals surface area contributed by atoms with Crippen LogP contribution in [0.5, 0.6) is 0 Å². The zero-order valence-corrected chi connectivity index (χ0v) is 12.7. The van der Waals surface area contributed by atoms with E-state index in [-0.39, 0.29) is 0 Å². The van der Waals surface area contributed by atoms with Crippen LogP contribution in [-0.4, -0.2) is 36.1 Å². The maximum atomic E-state index is 4.76.